The first-order valence-electron chi connectivity index (χ1n) is 9.06. The van der Waals surface area contributed by atoms with E-state index < -0.39 is 10.0 Å². The van der Waals surface area contributed by atoms with Gasteiger partial charge >= 0.3 is 0 Å². The highest BCUT2D eigenvalue weighted by Gasteiger charge is 2.30. The fraction of sp³-hybridized carbons (Fsp3) is 0.706. The maximum absolute atomic E-state index is 12.9. The van der Waals surface area contributed by atoms with Crippen molar-refractivity contribution in [3.63, 3.8) is 0 Å². The predicted molar refractivity (Wildman–Crippen MR) is 103 cm³/mol. The largest absolute Gasteiger partial charge is 0.345 e. The van der Waals surface area contributed by atoms with Gasteiger partial charge < -0.3 is 14.8 Å². The minimum Gasteiger partial charge on any atom is -0.345 e. The Morgan fingerprint density at radius 2 is 1.85 bits per heavy atom. The summed E-state index contributed by atoms with van der Waals surface area (Å²) in [7, 11) is 0.131. The number of aromatic nitrogens is 1. The maximum atomic E-state index is 12.9. The molecule has 3 heterocycles. The fourth-order valence-corrected chi connectivity index (χ4v) is 5.29. The molecule has 0 spiro atoms. The Morgan fingerprint density at radius 1 is 1.15 bits per heavy atom. The molecule has 2 aliphatic rings. The molecule has 2 fully saturated rings. The van der Waals surface area contributed by atoms with Gasteiger partial charge in [0.1, 0.15) is 10.6 Å². The number of likely N-dealkylation sites (N-methyl/N-ethyl adjacent to an activating group) is 1. The van der Waals surface area contributed by atoms with E-state index in [4.69, 9.17) is 0 Å². The smallest absolute Gasteiger partial charge is 0.270 e. The molecule has 1 aromatic heterocycles. The monoisotopic (exact) mass is 404 g/mol. The van der Waals surface area contributed by atoms with Crippen molar-refractivity contribution in [3.05, 3.63) is 18.0 Å². The summed E-state index contributed by atoms with van der Waals surface area (Å²) in [6.07, 6.45) is 6.46. The molecular formula is C17H29ClN4O3S. The second kappa shape index (κ2) is 8.73. The Morgan fingerprint density at radius 3 is 2.50 bits per heavy atom. The fourth-order valence-electron chi connectivity index (χ4n) is 3.70. The van der Waals surface area contributed by atoms with Crippen LogP contribution < -0.4 is 5.32 Å². The number of amides is 1. The molecular weight excluding hydrogens is 376 g/mol. The molecule has 7 nitrogen and oxygen atoms in total. The van der Waals surface area contributed by atoms with Crippen LogP contribution in [0.5, 0.6) is 0 Å². The SMILES string of the molecule is CNC1CCCN(C(=O)c2cc(S(=O)(=O)N3CCCCC3)cn2C)C1.Cl. The van der Waals surface area contributed by atoms with Gasteiger partial charge in [0.25, 0.3) is 5.91 Å². The summed E-state index contributed by atoms with van der Waals surface area (Å²) in [6.45, 7) is 2.51. The molecule has 1 atom stereocenters. The van der Waals surface area contributed by atoms with Gasteiger partial charge in [0.05, 0.1) is 0 Å². The summed E-state index contributed by atoms with van der Waals surface area (Å²) in [6, 6.07) is 1.84. The van der Waals surface area contributed by atoms with Gasteiger partial charge in [0.2, 0.25) is 10.0 Å². The number of halogens is 1. The molecule has 2 aliphatic heterocycles. The van der Waals surface area contributed by atoms with Crippen LogP contribution in [0.2, 0.25) is 0 Å². The number of rotatable bonds is 4. The number of carbonyl (C=O) groups excluding carboxylic acids is 1. The van der Waals surface area contributed by atoms with Crippen LogP contribution >= 0.6 is 12.4 Å². The zero-order valence-electron chi connectivity index (χ0n) is 15.5. The second-order valence-corrected chi connectivity index (χ2v) is 8.95. The number of nitrogens with zero attached hydrogens (tertiary/aromatic N) is 3. The highest BCUT2D eigenvalue weighted by Crippen LogP contribution is 2.23. The van der Waals surface area contributed by atoms with Crippen molar-refractivity contribution < 1.29 is 13.2 Å². The minimum atomic E-state index is -3.51. The Kier molecular flexibility index (Phi) is 7.12. The van der Waals surface area contributed by atoms with Crippen LogP contribution in [0.3, 0.4) is 0 Å². The quantitative estimate of drug-likeness (QED) is 0.824. The first kappa shape index (κ1) is 21.2. The molecule has 0 aromatic carbocycles. The Labute approximate surface area is 162 Å². The number of nitrogens with one attached hydrogen (secondary N) is 1. The molecule has 1 amide bonds. The van der Waals surface area contributed by atoms with E-state index in [-0.39, 0.29) is 23.2 Å². The highest BCUT2D eigenvalue weighted by molar-refractivity contribution is 7.89. The van der Waals surface area contributed by atoms with Crippen molar-refractivity contribution in [2.45, 2.75) is 43.0 Å². The summed E-state index contributed by atoms with van der Waals surface area (Å²) >= 11 is 0. The van der Waals surface area contributed by atoms with Gasteiger partial charge in [-0.15, -0.1) is 12.4 Å². The third kappa shape index (κ3) is 4.24. The molecule has 1 aromatic rings. The van der Waals surface area contributed by atoms with Gasteiger partial charge in [-0.2, -0.15) is 4.31 Å². The lowest BCUT2D eigenvalue weighted by Gasteiger charge is -2.32. The van der Waals surface area contributed by atoms with Gasteiger partial charge in [0.15, 0.2) is 0 Å². The molecule has 1 N–H and O–H groups in total. The lowest BCUT2D eigenvalue weighted by molar-refractivity contribution is 0.0688. The van der Waals surface area contributed by atoms with Crippen molar-refractivity contribution in [3.8, 4) is 0 Å². The zero-order chi connectivity index (χ0) is 18.0. The average molecular weight is 405 g/mol. The van der Waals surface area contributed by atoms with Crippen LogP contribution in [0.1, 0.15) is 42.6 Å². The van der Waals surface area contributed by atoms with Crippen LogP contribution in [0.25, 0.3) is 0 Å². The zero-order valence-corrected chi connectivity index (χ0v) is 17.1. The number of hydrogen-bond acceptors (Lipinski definition) is 4. The average Bonchev–Trinajstić information content (AvgIpc) is 3.04. The van der Waals surface area contributed by atoms with E-state index in [1.54, 1.807) is 17.8 Å². The number of hydrogen-bond donors (Lipinski definition) is 1. The van der Waals surface area contributed by atoms with Gasteiger partial charge in [-0.3, -0.25) is 4.79 Å². The van der Waals surface area contributed by atoms with Crippen molar-refractivity contribution in [2.24, 2.45) is 7.05 Å². The van der Waals surface area contributed by atoms with Gasteiger partial charge in [0, 0.05) is 45.5 Å². The lowest BCUT2D eigenvalue weighted by Crippen LogP contribution is -2.47. The number of sulfonamides is 1. The molecule has 26 heavy (non-hydrogen) atoms. The van der Waals surface area contributed by atoms with E-state index in [9.17, 15) is 13.2 Å². The number of aryl methyl sites for hydroxylation is 1. The van der Waals surface area contributed by atoms with Gasteiger partial charge in [-0.25, -0.2) is 8.42 Å². The molecule has 9 heteroatoms. The summed E-state index contributed by atoms with van der Waals surface area (Å²) < 4.78 is 28.8. The molecule has 0 bridgehead atoms. The molecule has 1 unspecified atom stereocenters. The molecule has 3 rings (SSSR count). The van der Waals surface area contributed by atoms with E-state index >= 15 is 0 Å². The van der Waals surface area contributed by atoms with E-state index in [0.717, 1.165) is 38.6 Å². The van der Waals surface area contributed by atoms with Crippen LogP contribution in [0.4, 0.5) is 0 Å². The summed E-state index contributed by atoms with van der Waals surface area (Å²) in [5.41, 5.74) is 0.437. The Balaban J connectivity index is 0.00000243. The first-order valence-corrected chi connectivity index (χ1v) is 10.5. The van der Waals surface area contributed by atoms with Crippen molar-refractivity contribution >= 4 is 28.3 Å². The van der Waals surface area contributed by atoms with E-state index in [2.05, 4.69) is 5.32 Å². The van der Waals surface area contributed by atoms with Crippen LogP contribution in [0.15, 0.2) is 17.2 Å². The van der Waals surface area contributed by atoms with Gasteiger partial charge in [-0.1, -0.05) is 6.42 Å². The van der Waals surface area contributed by atoms with Gasteiger partial charge in [-0.05, 0) is 38.8 Å². The van der Waals surface area contributed by atoms with Crippen LogP contribution in [0, 0.1) is 0 Å². The molecule has 0 saturated carbocycles. The summed E-state index contributed by atoms with van der Waals surface area (Å²) in [5.74, 6) is -0.0949. The number of piperidine rings is 2. The number of carbonyl (C=O) groups is 1. The molecule has 2 saturated heterocycles. The summed E-state index contributed by atoms with van der Waals surface area (Å²) in [4.78, 5) is 14.9. The molecule has 0 aliphatic carbocycles. The van der Waals surface area contributed by atoms with E-state index in [0.29, 0.717) is 31.4 Å². The van der Waals surface area contributed by atoms with Crippen molar-refractivity contribution in [1.29, 1.82) is 0 Å². The minimum absolute atomic E-state index is 0. The maximum Gasteiger partial charge on any atom is 0.270 e. The van der Waals surface area contributed by atoms with Crippen LogP contribution in [-0.2, 0) is 17.1 Å². The lowest BCUT2D eigenvalue weighted by atomic mass is 10.1. The second-order valence-electron chi connectivity index (χ2n) is 7.02. The van der Waals surface area contributed by atoms with Crippen LogP contribution in [-0.4, -0.2) is 67.4 Å². The predicted octanol–water partition coefficient (Wildman–Crippen LogP) is 1.45. The summed E-state index contributed by atoms with van der Waals surface area (Å²) in [5, 5.41) is 3.22. The Hall–Kier alpha value is -1.09. The third-order valence-corrected chi connectivity index (χ3v) is 7.13. The standard InChI is InChI=1S/C17H28N4O3S.ClH/c1-18-14-7-6-8-20(12-14)17(22)16-11-15(13-19(16)2)25(23,24)21-9-4-3-5-10-21;/h11,13-14,18H,3-10,12H2,1-2H3;1H. The number of likely N-dealkylation sites (tertiary alicyclic amines) is 1. The van der Waals surface area contributed by atoms with E-state index in [1.807, 2.05) is 11.9 Å². The molecule has 148 valence electrons. The van der Waals surface area contributed by atoms with Crippen molar-refractivity contribution in [1.82, 2.24) is 19.1 Å². The third-order valence-electron chi connectivity index (χ3n) is 5.27. The van der Waals surface area contributed by atoms with E-state index in [1.165, 1.54) is 10.4 Å². The normalized spacial score (nSPS) is 22.1. The molecule has 0 radical (unpaired) electrons. The Bertz CT molecular complexity index is 728. The van der Waals surface area contributed by atoms with Crippen molar-refractivity contribution in [2.75, 3.05) is 33.2 Å². The highest BCUT2D eigenvalue weighted by atomic mass is 35.5. The first-order chi connectivity index (χ1) is 11.9. The topological polar surface area (TPSA) is 74.7 Å².